The number of amides is 2. The second-order valence-electron chi connectivity index (χ2n) is 2.57. The van der Waals surface area contributed by atoms with Crippen molar-refractivity contribution in [3.63, 3.8) is 0 Å². The Hall–Kier alpha value is -2.31. The molecule has 7 nitrogen and oxygen atoms in total. The van der Waals surface area contributed by atoms with Gasteiger partial charge in [0.2, 0.25) is 0 Å². The van der Waals surface area contributed by atoms with Crippen LogP contribution >= 0.6 is 0 Å². The molecular formula is C8H9N3O4. The lowest BCUT2D eigenvalue weighted by Gasteiger charge is -2.08. The van der Waals surface area contributed by atoms with E-state index in [1.807, 2.05) is 0 Å². The number of aryl methyl sites for hydroxylation is 1. The Morgan fingerprint density at radius 3 is 2.40 bits per heavy atom. The molecule has 1 rings (SSSR count). The topological polar surface area (TPSA) is 118 Å². The summed E-state index contributed by atoms with van der Waals surface area (Å²) in [6, 6.07) is 1.33. The Balaban J connectivity index is 3.08. The number of primary amides is 2. The van der Waals surface area contributed by atoms with Crippen LogP contribution in [0.4, 0.5) is 9.59 Å². The normalized spacial score (nSPS) is 9.40. The van der Waals surface area contributed by atoms with Gasteiger partial charge in [-0.05, 0) is 6.92 Å². The van der Waals surface area contributed by atoms with Gasteiger partial charge in [0.15, 0.2) is 11.5 Å². The van der Waals surface area contributed by atoms with Crippen molar-refractivity contribution in [3.05, 3.63) is 18.0 Å². The highest BCUT2D eigenvalue weighted by molar-refractivity contribution is 5.72. The molecule has 0 aliphatic carbocycles. The van der Waals surface area contributed by atoms with Crippen molar-refractivity contribution in [2.24, 2.45) is 11.5 Å². The molecule has 0 aliphatic rings. The molecule has 2 amide bonds. The van der Waals surface area contributed by atoms with Gasteiger partial charge in [0, 0.05) is 12.3 Å². The summed E-state index contributed by atoms with van der Waals surface area (Å²) in [5.41, 5.74) is 10.0. The summed E-state index contributed by atoms with van der Waals surface area (Å²) in [6.45, 7) is 1.56. The molecule has 4 N–H and O–H groups in total. The van der Waals surface area contributed by atoms with E-state index >= 15 is 0 Å². The molecule has 80 valence electrons. The lowest BCUT2D eigenvalue weighted by Crippen LogP contribution is -2.20. The quantitative estimate of drug-likeness (QED) is 0.729. The Morgan fingerprint density at radius 2 is 1.87 bits per heavy atom. The molecule has 0 unspecified atom stereocenters. The fraction of sp³-hybridized carbons (Fsp3) is 0.125. The van der Waals surface area contributed by atoms with Crippen molar-refractivity contribution >= 4 is 12.2 Å². The van der Waals surface area contributed by atoms with Gasteiger partial charge in [0.25, 0.3) is 0 Å². The highest BCUT2D eigenvalue weighted by atomic mass is 16.6. The molecule has 1 aromatic heterocycles. The van der Waals surface area contributed by atoms with Crippen molar-refractivity contribution < 1.29 is 19.1 Å². The second kappa shape index (κ2) is 4.27. The van der Waals surface area contributed by atoms with Crippen LogP contribution < -0.4 is 20.9 Å². The van der Waals surface area contributed by atoms with E-state index in [0.717, 1.165) is 0 Å². The van der Waals surface area contributed by atoms with E-state index in [1.54, 1.807) is 6.92 Å². The number of pyridine rings is 1. The first-order chi connectivity index (χ1) is 7.00. The van der Waals surface area contributed by atoms with Crippen LogP contribution in [0.5, 0.6) is 11.5 Å². The van der Waals surface area contributed by atoms with Gasteiger partial charge in [-0.2, -0.15) is 0 Å². The Kier molecular flexibility index (Phi) is 3.06. The maximum Gasteiger partial charge on any atom is 0.410 e. The third-order valence-electron chi connectivity index (χ3n) is 1.46. The van der Waals surface area contributed by atoms with Gasteiger partial charge in [0.05, 0.1) is 5.69 Å². The van der Waals surface area contributed by atoms with Crippen LogP contribution in [-0.4, -0.2) is 17.2 Å². The summed E-state index contributed by atoms with van der Waals surface area (Å²) in [5, 5.41) is 0. The molecule has 7 heteroatoms. The average Bonchev–Trinajstić information content (AvgIpc) is 2.09. The number of nitrogens with two attached hydrogens (primary N) is 2. The highest BCUT2D eigenvalue weighted by Crippen LogP contribution is 2.28. The summed E-state index contributed by atoms with van der Waals surface area (Å²) in [7, 11) is 0. The van der Waals surface area contributed by atoms with E-state index in [0.29, 0.717) is 5.69 Å². The maximum absolute atomic E-state index is 10.6. The smallest absolute Gasteiger partial charge is 0.406 e. The first-order valence-electron chi connectivity index (χ1n) is 3.91. The van der Waals surface area contributed by atoms with E-state index in [1.165, 1.54) is 12.3 Å². The number of rotatable bonds is 2. The second-order valence-corrected chi connectivity index (χ2v) is 2.57. The zero-order valence-electron chi connectivity index (χ0n) is 7.89. The van der Waals surface area contributed by atoms with Crippen LogP contribution in [0.1, 0.15) is 5.69 Å². The largest absolute Gasteiger partial charge is 0.410 e. The lowest BCUT2D eigenvalue weighted by molar-refractivity contribution is 0.199. The summed E-state index contributed by atoms with van der Waals surface area (Å²) < 4.78 is 9.21. The van der Waals surface area contributed by atoms with Crippen LogP contribution in [-0.2, 0) is 0 Å². The lowest BCUT2D eigenvalue weighted by atomic mass is 10.3. The van der Waals surface area contributed by atoms with E-state index in [9.17, 15) is 9.59 Å². The Labute approximate surface area is 85.0 Å². The van der Waals surface area contributed by atoms with Crippen LogP contribution in [0.3, 0.4) is 0 Å². The first kappa shape index (κ1) is 10.8. The number of hydrogen-bond donors (Lipinski definition) is 2. The Bertz CT molecular complexity index is 405. The molecule has 0 radical (unpaired) electrons. The average molecular weight is 211 g/mol. The number of nitrogens with zero attached hydrogens (tertiary/aromatic N) is 1. The van der Waals surface area contributed by atoms with Crippen molar-refractivity contribution in [1.29, 1.82) is 0 Å². The van der Waals surface area contributed by atoms with Gasteiger partial charge in [-0.15, -0.1) is 0 Å². The van der Waals surface area contributed by atoms with Crippen molar-refractivity contribution in [2.75, 3.05) is 0 Å². The van der Waals surface area contributed by atoms with Gasteiger partial charge in [-0.25, -0.2) is 9.59 Å². The predicted molar refractivity (Wildman–Crippen MR) is 49.4 cm³/mol. The van der Waals surface area contributed by atoms with Gasteiger partial charge < -0.3 is 20.9 Å². The maximum atomic E-state index is 10.6. The minimum absolute atomic E-state index is 0.00574. The third kappa shape index (κ3) is 2.83. The van der Waals surface area contributed by atoms with E-state index in [4.69, 9.17) is 11.5 Å². The SMILES string of the molecule is Cc1nccc(OC(N)=O)c1OC(N)=O. The third-order valence-corrected chi connectivity index (χ3v) is 1.46. The zero-order valence-corrected chi connectivity index (χ0v) is 7.89. The van der Waals surface area contributed by atoms with E-state index < -0.39 is 12.2 Å². The molecule has 1 heterocycles. The molecule has 0 atom stereocenters. The van der Waals surface area contributed by atoms with Crippen LogP contribution in [0.2, 0.25) is 0 Å². The number of aromatic nitrogens is 1. The van der Waals surface area contributed by atoms with E-state index in [2.05, 4.69) is 14.5 Å². The van der Waals surface area contributed by atoms with Crippen LogP contribution in [0.15, 0.2) is 12.3 Å². The number of carbonyl (C=O) groups is 2. The molecule has 0 spiro atoms. The predicted octanol–water partition coefficient (Wildman–Crippen LogP) is 0.305. The van der Waals surface area contributed by atoms with Crippen LogP contribution in [0.25, 0.3) is 0 Å². The molecule has 0 saturated heterocycles. The number of carbonyl (C=O) groups excluding carboxylic acids is 2. The molecule has 0 saturated carbocycles. The molecule has 0 bridgehead atoms. The van der Waals surface area contributed by atoms with Crippen molar-refractivity contribution in [3.8, 4) is 11.5 Å². The monoisotopic (exact) mass is 211 g/mol. The first-order valence-corrected chi connectivity index (χ1v) is 3.91. The summed E-state index contributed by atoms with van der Waals surface area (Å²) in [4.78, 5) is 24.9. The standard InChI is InChI=1S/C8H9N3O4/c1-4-6(15-8(10)13)5(2-3-11-4)14-7(9)12/h2-3H,1H3,(H2,9,12)(H2,10,13). The molecule has 15 heavy (non-hydrogen) atoms. The van der Waals surface area contributed by atoms with Crippen molar-refractivity contribution in [2.45, 2.75) is 6.92 Å². The summed E-state index contributed by atoms with van der Waals surface area (Å²) in [6.07, 6.45) is -0.670. The van der Waals surface area contributed by atoms with Gasteiger partial charge in [-0.1, -0.05) is 0 Å². The molecule has 0 aromatic carbocycles. The minimum atomic E-state index is -1.03. The molecule has 1 aromatic rings. The summed E-state index contributed by atoms with van der Waals surface area (Å²) in [5.74, 6) is -0.0300. The summed E-state index contributed by atoms with van der Waals surface area (Å²) >= 11 is 0. The highest BCUT2D eigenvalue weighted by Gasteiger charge is 2.13. The van der Waals surface area contributed by atoms with Gasteiger partial charge >= 0.3 is 12.2 Å². The molecule has 0 fully saturated rings. The zero-order chi connectivity index (χ0) is 11.4. The van der Waals surface area contributed by atoms with E-state index in [-0.39, 0.29) is 11.5 Å². The van der Waals surface area contributed by atoms with Gasteiger partial charge in [0.1, 0.15) is 0 Å². The van der Waals surface area contributed by atoms with Crippen LogP contribution in [0, 0.1) is 6.92 Å². The minimum Gasteiger partial charge on any atom is -0.406 e. The Morgan fingerprint density at radius 1 is 1.27 bits per heavy atom. The van der Waals surface area contributed by atoms with Crippen molar-refractivity contribution in [1.82, 2.24) is 4.98 Å². The molecule has 0 aliphatic heterocycles. The number of ether oxygens (including phenoxy) is 2. The fourth-order valence-corrected chi connectivity index (χ4v) is 0.943. The fourth-order valence-electron chi connectivity index (χ4n) is 0.943. The number of hydrogen-bond acceptors (Lipinski definition) is 5. The van der Waals surface area contributed by atoms with Gasteiger partial charge in [-0.3, -0.25) is 4.98 Å². The molecular weight excluding hydrogens is 202 g/mol.